The second-order valence-electron chi connectivity index (χ2n) is 8.30. The maximum absolute atomic E-state index is 11.4. The minimum atomic E-state index is -2.14. The highest BCUT2D eigenvalue weighted by Gasteiger charge is 2.43. The lowest BCUT2D eigenvalue weighted by Crippen LogP contribution is -2.29. The molecule has 34 heavy (non-hydrogen) atoms. The molecule has 0 aromatic heterocycles. The van der Waals surface area contributed by atoms with Crippen LogP contribution < -0.4 is 15.9 Å². The van der Waals surface area contributed by atoms with Gasteiger partial charge < -0.3 is 5.11 Å². The van der Waals surface area contributed by atoms with E-state index in [-0.39, 0.29) is 0 Å². The summed E-state index contributed by atoms with van der Waals surface area (Å²) in [4.78, 5) is 1.09. The molecule has 4 aromatic carbocycles. The minimum absolute atomic E-state index is 0.704. The number of hydrogen-bond acceptors (Lipinski definition) is 2. The fraction of sp³-hybridized carbons (Fsp3) is 0.0968. The van der Waals surface area contributed by atoms with Crippen LogP contribution in [0.3, 0.4) is 0 Å². The first kappa shape index (κ1) is 24.2. The molecule has 0 heterocycles. The average molecular weight is 482 g/mol. The van der Waals surface area contributed by atoms with Gasteiger partial charge in [-0.3, -0.25) is 0 Å². The van der Waals surface area contributed by atoms with Crippen LogP contribution in [-0.2, 0) is 0 Å². The molecule has 170 valence electrons. The third-order valence-corrected chi connectivity index (χ3v) is 11.0. The number of aliphatic hydroxyl groups is 1. The van der Waals surface area contributed by atoms with Gasteiger partial charge in [-0.15, -0.1) is 11.8 Å². The molecule has 4 rings (SSSR count). The summed E-state index contributed by atoms with van der Waals surface area (Å²) in [6.45, 7) is 6.05. The second kappa shape index (κ2) is 11.5. The Kier molecular flexibility index (Phi) is 8.19. The lowest BCUT2D eigenvalue weighted by Gasteiger charge is -2.24. The molecular weight excluding hydrogens is 451 g/mol. The minimum Gasteiger partial charge on any atom is -0.384 e. The molecule has 0 saturated carbocycles. The summed E-state index contributed by atoms with van der Waals surface area (Å²) in [5.41, 5.74) is 2.05. The highest BCUT2D eigenvalue weighted by Crippen LogP contribution is 2.57. The first-order chi connectivity index (χ1) is 16.6. The van der Waals surface area contributed by atoms with Gasteiger partial charge in [0.1, 0.15) is 29.3 Å². The van der Waals surface area contributed by atoms with Gasteiger partial charge in [-0.05, 0) is 61.0 Å². The molecule has 0 aliphatic carbocycles. The zero-order valence-corrected chi connectivity index (χ0v) is 21.1. The zero-order valence-electron chi connectivity index (χ0n) is 19.4. The van der Waals surface area contributed by atoms with E-state index >= 15 is 0 Å². The molecule has 3 heteroatoms. The predicted octanol–water partition coefficient (Wildman–Crippen LogP) is 6.90. The molecule has 0 amide bonds. The van der Waals surface area contributed by atoms with E-state index < -0.39 is 13.4 Å². The third kappa shape index (κ3) is 5.42. The zero-order chi connectivity index (χ0) is 23.8. The Labute approximate surface area is 208 Å². The number of thioether (sulfide) groups is 1. The van der Waals surface area contributed by atoms with E-state index in [2.05, 4.69) is 109 Å². The number of benzene rings is 4. The fourth-order valence-corrected chi connectivity index (χ4v) is 8.76. The number of aliphatic hydroxyl groups excluding tert-OH is 1. The van der Waals surface area contributed by atoms with Gasteiger partial charge in [0.15, 0.2) is 0 Å². The highest BCUT2D eigenvalue weighted by molar-refractivity contribution is 7.99. The van der Waals surface area contributed by atoms with E-state index in [0.717, 1.165) is 21.8 Å². The Balaban J connectivity index is 1.84. The molecule has 0 aliphatic heterocycles. The van der Waals surface area contributed by atoms with Crippen LogP contribution in [0.4, 0.5) is 0 Å². The van der Waals surface area contributed by atoms with Crippen molar-refractivity contribution in [2.45, 2.75) is 17.9 Å². The van der Waals surface area contributed by atoms with Crippen LogP contribution in [0.25, 0.3) is 0 Å². The van der Waals surface area contributed by atoms with Gasteiger partial charge in [-0.25, -0.2) is 0 Å². The van der Waals surface area contributed by atoms with Crippen molar-refractivity contribution < 1.29 is 5.11 Å². The van der Waals surface area contributed by atoms with Crippen molar-refractivity contribution in [3.05, 3.63) is 145 Å². The fourth-order valence-electron chi connectivity index (χ4n) is 4.07. The number of hydrogen-bond donors (Lipinski definition) is 1. The topological polar surface area (TPSA) is 20.2 Å². The summed E-state index contributed by atoms with van der Waals surface area (Å²) >= 11 is 1.72. The van der Waals surface area contributed by atoms with Crippen LogP contribution >= 0.6 is 19.0 Å². The van der Waals surface area contributed by atoms with Crippen LogP contribution in [0, 0.1) is 0 Å². The Morgan fingerprint density at radius 1 is 0.765 bits per heavy atom. The summed E-state index contributed by atoms with van der Waals surface area (Å²) in [6, 6.07) is 40.1. The van der Waals surface area contributed by atoms with E-state index in [9.17, 15) is 5.11 Å². The van der Waals surface area contributed by atoms with Gasteiger partial charge >= 0.3 is 0 Å². The monoisotopic (exact) mass is 481 g/mol. The lowest BCUT2D eigenvalue weighted by molar-refractivity contribution is 0.226. The third-order valence-electron chi connectivity index (χ3n) is 5.69. The van der Waals surface area contributed by atoms with Gasteiger partial charge in [0, 0.05) is 10.6 Å². The van der Waals surface area contributed by atoms with Crippen molar-refractivity contribution in [3.63, 3.8) is 0 Å². The maximum Gasteiger partial charge on any atom is 0.136 e. The second-order valence-corrected chi connectivity index (χ2v) is 12.6. The van der Waals surface area contributed by atoms with Crippen molar-refractivity contribution >= 4 is 34.9 Å². The van der Waals surface area contributed by atoms with Crippen LogP contribution in [0.1, 0.15) is 18.6 Å². The van der Waals surface area contributed by atoms with E-state index in [0.29, 0.717) is 0 Å². The van der Waals surface area contributed by atoms with E-state index in [1.165, 1.54) is 15.9 Å². The molecular formula is C31H30OPS+. The quantitative estimate of drug-likeness (QED) is 0.159. The Hall–Kier alpha value is -2.90. The number of rotatable bonds is 9. The van der Waals surface area contributed by atoms with Gasteiger partial charge in [0.25, 0.3) is 0 Å². The van der Waals surface area contributed by atoms with E-state index in [1.54, 1.807) is 11.8 Å². The molecule has 0 fully saturated rings. The molecule has 1 atom stereocenters. The van der Waals surface area contributed by atoms with E-state index in [1.807, 2.05) is 31.2 Å². The molecule has 4 aromatic rings. The molecule has 0 spiro atoms. The Bertz CT molecular complexity index is 1140. The largest absolute Gasteiger partial charge is 0.384 e. The molecule has 1 N–H and O–H groups in total. The van der Waals surface area contributed by atoms with Gasteiger partial charge in [0.05, 0.1) is 5.82 Å². The van der Waals surface area contributed by atoms with Crippen LogP contribution in [0.2, 0.25) is 0 Å². The molecule has 0 radical (unpaired) electrons. The summed E-state index contributed by atoms with van der Waals surface area (Å²) in [5, 5.41) is 15.2. The van der Waals surface area contributed by atoms with E-state index in [4.69, 9.17) is 0 Å². The lowest BCUT2D eigenvalue weighted by atomic mass is 10.1. The van der Waals surface area contributed by atoms with Crippen molar-refractivity contribution in [2.75, 3.05) is 5.75 Å². The van der Waals surface area contributed by atoms with Crippen molar-refractivity contribution in [1.29, 1.82) is 0 Å². The van der Waals surface area contributed by atoms with Crippen molar-refractivity contribution in [2.24, 2.45) is 0 Å². The summed E-state index contributed by atoms with van der Waals surface area (Å²) in [7, 11) is -2.14. The molecule has 1 nitrogen and oxygen atoms in total. The SMILES string of the molecule is C=C(C)CSc1ccccc1C(O)C=C[P+](c1ccccc1)(c1ccccc1)c1ccccc1. The van der Waals surface area contributed by atoms with Crippen LogP contribution in [0.5, 0.6) is 0 Å². The van der Waals surface area contributed by atoms with Crippen LogP contribution in [0.15, 0.2) is 144 Å². The summed E-state index contributed by atoms with van der Waals surface area (Å²) in [5.74, 6) is 3.11. The normalized spacial score (nSPS) is 12.5. The predicted molar refractivity (Wildman–Crippen MR) is 151 cm³/mol. The van der Waals surface area contributed by atoms with Crippen molar-refractivity contribution in [3.8, 4) is 0 Å². The smallest absolute Gasteiger partial charge is 0.136 e. The molecule has 0 saturated heterocycles. The Morgan fingerprint density at radius 2 is 1.21 bits per heavy atom. The first-order valence-corrected chi connectivity index (χ1v) is 14.2. The summed E-state index contributed by atoms with van der Waals surface area (Å²) < 4.78 is 0. The van der Waals surface area contributed by atoms with Crippen LogP contribution in [-0.4, -0.2) is 10.9 Å². The van der Waals surface area contributed by atoms with Gasteiger partial charge in [-0.1, -0.05) is 84.9 Å². The van der Waals surface area contributed by atoms with Crippen molar-refractivity contribution in [1.82, 2.24) is 0 Å². The standard InChI is InChI=1S/C31H30OPS/c1-25(2)24-34-31-21-13-12-20-29(31)30(32)22-23-33(26-14-6-3-7-15-26,27-16-8-4-9-17-27)28-18-10-5-11-19-28/h3-23,30,32H,1,24H2,2H3/q+1. The van der Waals surface area contributed by atoms with Gasteiger partial charge in [0.2, 0.25) is 0 Å². The van der Waals surface area contributed by atoms with Gasteiger partial charge in [-0.2, -0.15) is 0 Å². The first-order valence-electron chi connectivity index (χ1n) is 11.4. The Morgan fingerprint density at radius 3 is 1.68 bits per heavy atom. The summed E-state index contributed by atoms with van der Waals surface area (Å²) in [6.07, 6.45) is 1.28. The molecule has 0 aliphatic rings. The maximum atomic E-state index is 11.4. The molecule has 1 unspecified atom stereocenters. The average Bonchev–Trinajstić information content (AvgIpc) is 2.90. The highest BCUT2D eigenvalue weighted by atomic mass is 32.2. The molecule has 0 bridgehead atoms.